The van der Waals surface area contributed by atoms with Gasteiger partial charge in [0.15, 0.2) is 0 Å². The normalized spacial score (nSPS) is 10.1. The van der Waals surface area contributed by atoms with Gasteiger partial charge in [0.25, 0.3) is 0 Å². The number of rotatable bonds is 11. The molecule has 0 rings (SSSR count). The van der Waals surface area contributed by atoms with Crippen LogP contribution in [0.25, 0.3) is 0 Å². The van der Waals surface area contributed by atoms with Crippen molar-refractivity contribution in [1.29, 1.82) is 0 Å². The van der Waals surface area contributed by atoms with Crippen LogP contribution in [-0.2, 0) is 14.3 Å². The van der Waals surface area contributed by atoms with E-state index in [4.69, 9.17) is 4.74 Å². The standard InChI is InChI=1S/C11H20O3/c1-13-9-7-5-3-2-4-6-8-10-14-11-12/h1-10H2. The summed E-state index contributed by atoms with van der Waals surface area (Å²) >= 11 is 0. The van der Waals surface area contributed by atoms with Gasteiger partial charge in [-0.1, -0.05) is 32.1 Å². The molecule has 3 heteroatoms. The molecule has 0 spiro atoms. The number of hydrogen-bond donors (Lipinski definition) is 0. The number of carbonyl (C=O) groups excluding carboxylic acids is 1. The molecule has 0 bridgehead atoms. The Morgan fingerprint density at radius 2 is 1.36 bits per heavy atom. The first-order valence-electron chi connectivity index (χ1n) is 5.27. The molecule has 0 amide bonds. The van der Waals surface area contributed by atoms with Gasteiger partial charge in [0.05, 0.1) is 13.7 Å². The van der Waals surface area contributed by atoms with Gasteiger partial charge in [0.2, 0.25) is 0 Å². The van der Waals surface area contributed by atoms with Crippen molar-refractivity contribution in [3.05, 3.63) is 7.11 Å². The zero-order valence-electron chi connectivity index (χ0n) is 8.80. The SMILES string of the molecule is [CH2]OCCCCCCCCCO[C]=O. The Morgan fingerprint density at radius 1 is 0.857 bits per heavy atom. The van der Waals surface area contributed by atoms with E-state index < -0.39 is 0 Å². The van der Waals surface area contributed by atoms with Crippen molar-refractivity contribution in [3.63, 3.8) is 0 Å². The predicted octanol–water partition coefficient (Wildman–Crippen LogP) is 2.61. The van der Waals surface area contributed by atoms with E-state index >= 15 is 0 Å². The van der Waals surface area contributed by atoms with Crippen LogP contribution in [0, 0.1) is 7.11 Å². The first kappa shape index (κ1) is 13.4. The smallest absolute Gasteiger partial charge is 0.417 e. The summed E-state index contributed by atoms with van der Waals surface area (Å²) in [5.74, 6) is 0. The molecule has 82 valence electrons. The van der Waals surface area contributed by atoms with Gasteiger partial charge in [-0.15, -0.1) is 0 Å². The third kappa shape index (κ3) is 11.4. The Kier molecular flexibility index (Phi) is 11.9. The second-order valence-corrected chi connectivity index (χ2v) is 3.31. The molecule has 0 saturated carbocycles. The fraction of sp³-hybridized carbons (Fsp3) is 0.818. The molecule has 0 unspecified atom stereocenters. The summed E-state index contributed by atoms with van der Waals surface area (Å²) in [5.41, 5.74) is 0. The summed E-state index contributed by atoms with van der Waals surface area (Å²) in [6.45, 7) is 2.70. The highest BCUT2D eigenvalue weighted by Crippen LogP contribution is 2.07. The molecule has 0 heterocycles. The molecule has 0 atom stereocenters. The van der Waals surface area contributed by atoms with Crippen molar-refractivity contribution < 1.29 is 14.3 Å². The van der Waals surface area contributed by atoms with E-state index in [1.807, 2.05) is 0 Å². The molecule has 0 aliphatic carbocycles. The average Bonchev–Trinajstić information content (AvgIpc) is 2.21. The maximum absolute atomic E-state index is 9.68. The van der Waals surface area contributed by atoms with Crippen LogP contribution in [0.5, 0.6) is 0 Å². The quantitative estimate of drug-likeness (QED) is 0.481. The van der Waals surface area contributed by atoms with E-state index in [2.05, 4.69) is 11.8 Å². The summed E-state index contributed by atoms with van der Waals surface area (Å²) in [4.78, 5) is 9.68. The predicted molar refractivity (Wildman–Crippen MR) is 55.3 cm³/mol. The van der Waals surface area contributed by atoms with E-state index in [-0.39, 0.29) is 0 Å². The van der Waals surface area contributed by atoms with Crippen LogP contribution in [0.3, 0.4) is 0 Å². The third-order valence-corrected chi connectivity index (χ3v) is 2.09. The van der Waals surface area contributed by atoms with E-state index in [1.54, 1.807) is 0 Å². The first-order chi connectivity index (χ1) is 6.91. The van der Waals surface area contributed by atoms with Crippen LogP contribution >= 0.6 is 0 Å². The minimum Gasteiger partial charge on any atom is -0.457 e. The Bertz CT molecular complexity index is 115. The van der Waals surface area contributed by atoms with Crippen molar-refractivity contribution in [2.24, 2.45) is 0 Å². The molecule has 0 fully saturated rings. The topological polar surface area (TPSA) is 35.5 Å². The number of hydrogen-bond acceptors (Lipinski definition) is 3. The molecule has 14 heavy (non-hydrogen) atoms. The number of ether oxygens (including phenoxy) is 2. The summed E-state index contributed by atoms with van der Waals surface area (Å²) in [6, 6.07) is 0. The lowest BCUT2D eigenvalue weighted by Crippen LogP contribution is -1.91. The summed E-state index contributed by atoms with van der Waals surface area (Å²) in [6.07, 6.45) is 8.13. The fourth-order valence-corrected chi connectivity index (χ4v) is 1.30. The molecule has 0 aromatic heterocycles. The molecule has 0 saturated heterocycles. The van der Waals surface area contributed by atoms with Gasteiger partial charge >= 0.3 is 6.47 Å². The molecule has 0 N–H and O–H groups in total. The molecular weight excluding hydrogens is 180 g/mol. The van der Waals surface area contributed by atoms with Gasteiger partial charge < -0.3 is 9.47 Å². The highest BCUT2D eigenvalue weighted by Gasteiger charge is 1.92. The van der Waals surface area contributed by atoms with Gasteiger partial charge in [-0.3, -0.25) is 0 Å². The Balaban J connectivity index is 2.81. The number of unbranched alkanes of at least 4 members (excludes halogenated alkanes) is 6. The summed E-state index contributed by atoms with van der Waals surface area (Å²) < 4.78 is 9.17. The molecule has 0 aliphatic rings. The van der Waals surface area contributed by atoms with Gasteiger partial charge in [-0.2, -0.15) is 0 Å². The first-order valence-corrected chi connectivity index (χ1v) is 5.27. The largest absolute Gasteiger partial charge is 0.457 e. The Morgan fingerprint density at radius 3 is 1.86 bits per heavy atom. The lowest BCUT2D eigenvalue weighted by molar-refractivity contribution is 0.233. The zero-order valence-corrected chi connectivity index (χ0v) is 8.80. The summed E-state index contributed by atoms with van der Waals surface area (Å²) in [5, 5.41) is 0. The lowest BCUT2D eigenvalue weighted by atomic mass is 10.1. The molecule has 0 aromatic carbocycles. The molecule has 0 aromatic rings. The minimum atomic E-state index is 0.513. The van der Waals surface area contributed by atoms with Crippen molar-refractivity contribution >= 4 is 6.47 Å². The zero-order chi connectivity index (χ0) is 10.5. The molecule has 3 nitrogen and oxygen atoms in total. The second kappa shape index (κ2) is 12.4. The third-order valence-electron chi connectivity index (χ3n) is 2.09. The molecule has 2 radical (unpaired) electrons. The molecular formula is C11H20O3. The summed E-state index contributed by atoms with van der Waals surface area (Å²) in [7, 11) is 3.32. The van der Waals surface area contributed by atoms with Crippen LogP contribution < -0.4 is 0 Å². The van der Waals surface area contributed by atoms with Crippen molar-refractivity contribution in [1.82, 2.24) is 0 Å². The highest BCUT2D eigenvalue weighted by atomic mass is 16.5. The minimum absolute atomic E-state index is 0.513. The maximum Gasteiger partial charge on any atom is 0.417 e. The fourth-order valence-electron chi connectivity index (χ4n) is 1.30. The Hall–Kier alpha value is -0.570. The van der Waals surface area contributed by atoms with Crippen molar-refractivity contribution in [2.45, 2.75) is 44.9 Å². The van der Waals surface area contributed by atoms with Crippen LogP contribution in [-0.4, -0.2) is 19.7 Å². The van der Waals surface area contributed by atoms with Crippen LogP contribution in [0.2, 0.25) is 0 Å². The van der Waals surface area contributed by atoms with E-state index in [9.17, 15) is 4.79 Å². The van der Waals surface area contributed by atoms with Crippen LogP contribution in [0.1, 0.15) is 44.9 Å². The van der Waals surface area contributed by atoms with Gasteiger partial charge in [-0.05, 0) is 12.8 Å². The molecule has 0 aliphatic heterocycles. The Labute approximate surface area is 86.8 Å². The average molecular weight is 200 g/mol. The van der Waals surface area contributed by atoms with Gasteiger partial charge in [0, 0.05) is 6.61 Å². The van der Waals surface area contributed by atoms with Crippen molar-refractivity contribution in [3.8, 4) is 0 Å². The van der Waals surface area contributed by atoms with Crippen LogP contribution in [0.15, 0.2) is 0 Å². The van der Waals surface area contributed by atoms with Gasteiger partial charge in [-0.25, -0.2) is 4.79 Å². The second-order valence-electron chi connectivity index (χ2n) is 3.31. The maximum atomic E-state index is 9.68. The van der Waals surface area contributed by atoms with Gasteiger partial charge in [0.1, 0.15) is 0 Å². The van der Waals surface area contributed by atoms with E-state index in [0.29, 0.717) is 6.61 Å². The van der Waals surface area contributed by atoms with E-state index in [0.717, 1.165) is 25.9 Å². The monoisotopic (exact) mass is 200 g/mol. The van der Waals surface area contributed by atoms with E-state index in [1.165, 1.54) is 32.2 Å². The van der Waals surface area contributed by atoms with Crippen LogP contribution in [0.4, 0.5) is 0 Å². The lowest BCUT2D eigenvalue weighted by Gasteiger charge is -2.01. The highest BCUT2D eigenvalue weighted by molar-refractivity contribution is 5.37. The van der Waals surface area contributed by atoms with Crippen molar-refractivity contribution in [2.75, 3.05) is 13.2 Å².